The minimum atomic E-state index is -3.00. The van der Waals surface area contributed by atoms with Crippen LogP contribution in [-0.2, 0) is 11.3 Å². The predicted octanol–water partition coefficient (Wildman–Crippen LogP) is 5.07. The number of hydrogen-bond donors (Lipinski definition) is 1. The maximum atomic E-state index is 14.3. The molecule has 1 amide bonds. The van der Waals surface area contributed by atoms with Gasteiger partial charge < -0.3 is 14.6 Å². The van der Waals surface area contributed by atoms with E-state index in [-0.39, 0.29) is 23.1 Å². The summed E-state index contributed by atoms with van der Waals surface area (Å²) in [5.41, 5.74) is 0.467. The van der Waals surface area contributed by atoms with Gasteiger partial charge in [-0.2, -0.15) is 8.78 Å². The van der Waals surface area contributed by atoms with E-state index in [2.05, 4.69) is 20.3 Å². The molecule has 0 unspecified atom stereocenters. The molecule has 0 fully saturated rings. The van der Waals surface area contributed by atoms with Crippen LogP contribution in [0.4, 0.5) is 18.9 Å². The molecule has 0 saturated heterocycles. The van der Waals surface area contributed by atoms with E-state index in [0.29, 0.717) is 23.1 Å². The molecule has 0 aliphatic rings. The number of alkyl halides is 2. The van der Waals surface area contributed by atoms with Crippen LogP contribution in [0.25, 0.3) is 11.4 Å². The fraction of sp³-hybridized carbons (Fsp3) is 0.286. The number of halogens is 3. The molecular weight excluding hydrogens is 429 g/mol. The highest BCUT2D eigenvalue weighted by Gasteiger charge is 2.19. The molecular formula is C21H21F3N4O2S. The molecule has 1 N–H and O–H groups in total. The first-order valence-electron chi connectivity index (χ1n) is 9.49. The Kier molecular flexibility index (Phi) is 7.56. The molecule has 3 rings (SSSR count). The van der Waals surface area contributed by atoms with Gasteiger partial charge in [-0.15, -0.1) is 10.2 Å². The van der Waals surface area contributed by atoms with Gasteiger partial charge in [-0.25, -0.2) is 4.39 Å². The summed E-state index contributed by atoms with van der Waals surface area (Å²) in [6.07, 6.45) is 0. The molecule has 0 radical (unpaired) electrons. The number of carbonyl (C=O) groups excluding carboxylic acids is 1. The molecule has 0 aliphatic carbocycles. The van der Waals surface area contributed by atoms with Crippen LogP contribution in [0.5, 0.6) is 5.75 Å². The molecule has 0 saturated carbocycles. The smallest absolute Gasteiger partial charge is 0.387 e. The number of carbonyl (C=O) groups is 1. The third-order valence-electron chi connectivity index (χ3n) is 4.09. The van der Waals surface area contributed by atoms with E-state index < -0.39 is 18.3 Å². The quantitative estimate of drug-likeness (QED) is 0.461. The van der Waals surface area contributed by atoms with E-state index in [1.54, 1.807) is 28.8 Å². The normalized spacial score (nSPS) is 11.2. The molecule has 6 nitrogen and oxygen atoms in total. The van der Waals surface area contributed by atoms with Crippen LogP contribution in [0.3, 0.4) is 0 Å². The number of aromatic nitrogens is 3. The second-order valence-electron chi connectivity index (χ2n) is 7.00. The number of nitrogens with one attached hydrogen (secondary N) is 1. The first-order chi connectivity index (χ1) is 14.8. The van der Waals surface area contributed by atoms with Gasteiger partial charge in [-0.05, 0) is 30.2 Å². The first-order valence-corrected chi connectivity index (χ1v) is 10.5. The van der Waals surface area contributed by atoms with E-state index in [9.17, 15) is 18.0 Å². The van der Waals surface area contributed by atoms with Gasteiger partial charge in [0, 0.05) is 6.54 Å². The van der Waals surface area contributed by atoms with Crippen LogP contribution >= 0.6 is 11.8 Å². The zero-order chi connectivity index (χ0) is 22.4. The summed E-state index contributed by atoms with van der Waals surface area (Å²) in [6.45, 7) is 1.54. The van der Waals surface area contributed by atoms with Crippen LogP contribution in [0, 0.1) is 11.7 Å². The average Bonchev–Trinajstić information content (AvgIpc) is 3.09. The zero-order valence-corrected chi connectivity index (χ0v) is 17.7. The summed E-state index contributed by atoms with van der Waals surface area (Å²) in [5, 5.41) is 11.3. The SMILES string of the molecule is CC(C)Cn1c(SCC(=O)Nc2ccccc2OC(F)F)nnc1-c1ccccc1F. The standard InChI is InChI=1S/C21H21F3N4O2S/c1-13(2)11-28-19(14-7-3-4-8-15(14)22)26-27-21(28)31-12-18(29)25-16-9-5-6-10-17(16)30-20(23)24/h3-10,13,20H,11-12H2,1-2H3,(H,25,29). The maximum Gasteiger partial charge on any atom is 0.387 e. The fourth-order valence-corrected chi connectivity index (χ4v) is 3.60. The summed E-state index contributed by atoms with van der Waals surface area (Å²) < 4.78 is 45.5. The lowest BCUT2D eigenvalue weighted by molar-refractivity contribution is -0.113. The van der Waals surface area contributed by atoms with Gasteiger partial charge in [0.05, 0.1) is 17.0 Å². The summed E-state index contributed by atoms with van der Waals surface area (Å²) in [4.78, 5) is 12.4. The average molecular weight is 450 g/mol. The van der Waals surface area contributed by atoms with Crippen molar-refractivity contribution in [3.8, 4) is 17.1 Å². The van der Waals surface area contributed by atoms with Gasteiger partial charge in [-0.1, -0.05) is 49.9 Å². The molecule has 0 atom stereocenters. The summed E-state index contributed by atoms with van der Waals surface area (Å²) in [5.74, 6) is -0.401. The number of ether oxygens (including phenoxy) is 1. The fourth-order valence-electron chi connectivity index (χ4n) is 2.85. The van der Waals surface area contributed by atoms with E-state index in [1.807, 2.05) is 13.8 Å². The molecule has 0 bridgehead atoms. The monoisotopic (exact) mass is 450 g/mol. The Hall–Kier alpha value is -3.01. The number of hydrogen-bond acceptors (Lipinski definition) is 5. The van der Waals surface area contributed by atoms with Crippen molar-refractivity contribution in [2.24, 2.45) is 5.92 Å². The number of thioether (sulfide) groups is 1. The van der Waals surface area contributed by atoms with Crippen LogP contribution in [0.15, 0.2) is 53.7 Å². The van der Waals surface area contributed by atoms with Gasteiger partial charge in [0.25, 0.3) is 0 Å². The van der Waals surface area contributed by atoms with Crippen molar-refractivity contribution in [3.63, 3.8) is 0 Å². The van der Waals surface area contributed by atoms with Crippen molar-refractivity contribution < 1.29 is 22.7 Å². The first kappa shape index (κ1) is 22.7. The Balaban J connectivity index is 1.75. The number of nitrogens with zero attached hydrogens (tertiary/aromatic N) is 3. The number of anilines is 1. The Labute approximate surface area is 181 Å². The van der Waals surface area contributed by atoms with Crippen molar-refractivity contribution in [1.29, 1.82) is 0 Å². The Morgan fingerprint density at radius 1 is 1.13 bits per heavy atom. The highest BCUT2D eigenvalue weighted by molar-refractivity contribution is 7.99. The van der Waals surface area contributed by atoms with E-state index in [4.69, 9.17) is 0 Å². The maximum absolute atomic E-state index is 14.3. The second-order valence-corrected chi connectivity index (χ2v) is 7.94. The van der Waals surface area contributed by atoms with Gasteiger partial charge in [-0.3, -0.25) is 4.79 Å². The Morgan fingerprint density at radius 3 is 2.55 bits per heavy atom. The summed E-state index contributed by atoms with van der Waals surface area (Å²) >= 11 is 1.12. The van der Waals surface area contributed by atoms with Crippen molar-refractivity contribution >= 4 is 23.4 Å². The molecule has 1 aromatic heterocycles. The van der Waals surface area contributed by atoms with Gasteiger partial charge in [0.1, 0.15) is 11.6 Å². The highest BCUT2D eigenvalue weighted by atomic mass is 32.2. The molecule has 0 aliphatic heterocycles. The van der Waals surface area contributed by atoms with Gasteiger partial charge in [0.2, 0.25) is 5.91 Å². The molecule has 1 heterocycles. The second kappa shape index (κ2) is 10.3. The Morgan fingerprint density at radius 2 is 1.84 bits per heavy atom. The third kappa shape index (κ3) is 6.00. The molecule has 31 heavy (non-hydrogen) atoms. The molecule has 0 spiro atoms. The van der Waals surface area contributed by atoms with Crippen LogP contribution in [0.1, 0.15) is 13.8 Å². The zero-order valence-electron chi connectivity index (χ0n) is 16.9. The van der Waals surface area contributed by atoms with E-state index >= 15 is 0 Å². The summed E-state index contributed by atoms with van der Waals surface area (Å²) in [6, 6.07) is 12.2. The Bertz CT molecular complexity index is 1040. The molecule has 2 aromatic carbocycles. The molecule has 164 valence electrons. The minimum Gasteiger partial charge on any atom is -0.433 e. The van der Waals surface area contributed by atoms with E-state index in [0.717, 1.165) is 11.8 Å². The van der Waals surface area contributed by atoms with Crippen LogP contribution in [-0.4, -0.2) is 33.0 Å². The van der Waals surface area contributed by atoms with Crippen LogP contribution in [0.2, 0.25) is 0 Å². The lowest BCUT2D eigenvalue weighted by Gasteiger charge is -2.13. The lowest BCUT2D eigenvalue weighted by Crippen LogP contribution is -2.16. The number of rotatable bonds is 9. The molecule has 3 aromatic rings. The highest BCUT2D eigenvalue weighted by Crippen LogP contribution is 2.28. The van der Waals surface area contributed by atoms with Crippen molar-refractivity contribution in [3.05, 3.63) is 54.3 Å². The van der Waals surface area contributed by atoms with Crippen molar-refractivity contribution in [1.82, 2.24) is 14.8 Å². The van der Waals surface area contributed by atoms with Crippen molar-refractivity contribution in [2.75, 3.05) is 11.1 Å². The van der Waals surface area contributed by atoms with Gasteiger partial charge in [0.15, 0.2) is 11.0 Å². The third-order valence-corrected chi connectivity index (χ3v) is 5.06. The predicted molar refractivity (Wildman–Crippen MR) is 113 cm³/mol. The molecule has 10 heteroatoms. The largest absolute Gasteiger partial charge is 0.433 e. The number of amides is 1. The lowest BCUT2D eigenvalue weighted by atomic mass is 10.2. The van der Waals surface area contributed by atoms with Crippen LogP contribution < -0.4 is 10.1 Å². The topological polar surface area (TPSA) is 69.0 Å². The minimum absolute atomic E-state index is 0.0451. The number of para-hydroxylation sites is 2. The van der Waals surface area contributed by atoms with Gasteiger partial charge >= 0.3 is 6.61 Å². The van der Waals surface area contributed by atoms with E-state index in [1.165, 1.54) is 24.3 Å². The van der Waals surface area contributed by atoms with Crippen molar-refractivity contribution in [2.45, 2.75) is 32.2 Å². The number of benzene rings is 2. The summed E-state index contributed by atoms with van der Waals surface area (Å²) in [7, 11) is 0.